The van der Waals surface area contributed by atoms with Gasteiger partial charge in [-0.1, -0.05) is 6.42 Å². The van der Waals surface area contributed by atoms with Gasteiger partial charge in [0.05, 0.1) is 11.7 Å². The summed E-state index contributed by atoms with van der Waals surface area (Å²) >= 11 is 0. The van der Waals surface area contributed by atoms with Gasteiger partial charge in [-0.2, -0.15) is 0 Å². The number of hydrogen-bond acceptors (Lipinski definition) is 5. The summed E-state index contributed by atoms with van der Waals surface area (Å²) < 4.78 is 16.5. The van der Waals surface area contributed by atoms with Crippen molar-refractivity contribution in [2.24, 2.45) is 0 Å². The second kappa shape index (κ2) is 9.04. The van der Waals surface area contributed by atoms with Crippen molar-refractivity contribution in [2.45, 2.75) is 38.2 Å². The molecule has 1 atom stereocenters. The zero-order chi connectivity index (χ0) is 16.6. The molecule has 2 saturated heterocycles. The van der Waals surface area contributed by atoms with E-state index in [9.17, 15) is 4.79 Å². The van der Waals surface area contributed by atoms with Crippen molar-refractivity contribution in [1.82, 2.24) is 4.90 Å². The lowest BCUT2D eigenvalue weighted by Crippen LogP contribution is -2.33. The van der Waals surface area contributed by atoms with Crippen LogP contribution in [-0.2, 0) is 9.47 Å². The van der Waals surface area contributed by atoms with Crippen LogP contribution >= 0.6 is 0 Å². The molecule has 3 rings (SSSR count). The maximum atomic E-state index is 12.0. The van der Waals surface area contributed by atoms with Crippen LogP contribution in [0.2, 0.25) is 0 Å². The maximum absolute atomic E-state index is 12.0. The number of nitrogens with zero attached hydrogens (tertiary/aromatic N) is 1. The standard InChI is InChI=1S/C19H27NO4/c21-19(24-15-18-5-4-13-22-18)16-6-8-17(9-7-16)23-14-12-20-10-2-1-3-11-20/h6-9,18H,1-5,10-15H2/t18-/m0/s1. The predicted molar refractivity (Wildman–Crippen MR) is 91.5 cm³/mol. The molecule has 132 valence electrons. The Morgan fingerprint density at radius 3 is 2.62 bits per heavy atom. The van der Waals surface area contributed by atoms with Crippen molar-refractivity contribution in [3.8, 4) is 5.75 Å². The second-order valence-electron chi connectivity index (χ2n) is 6.51. The van der Waals surface area contributed by atoms with Crippen LogP contribution < -0.4 is 4.74 Å². The molecule has 0 radical (unpaired) electrons. The highest BCUT2D eigenvalue weighted by molar-refractivity contribution is 5.89. The van der Waals surface area contributed by atoms with Gasteiger partial charge in [-0.05, 0) is 63.0 Å². The number of ether oxygens (including phenoxy) is 3. The van der Waals surface area contributed by atoms with Gasteiger partial charge in [0.2, 0.25) is 0 Å². The van der Waals surface area contributed by atoms with Crippen molar-refractivity contribution >= 4 is 5.97 Å². The van der Waals surface area contributed by atoms with Crippen LogP contribution in [0.5, 0.6) is 5.75 Å². The second-order valence-corrected chi connectivity index (χ2v) is 6.51. The summed E-state index contributed by atoms with van der Waals surface area (Å²) in [7, 11) is 0. The highest BCUT2D eigenvalue weighted by atomic mass is 16.6. The largest absolute Gasteiger partial charge is 0.492 e. The van der Waals surface area contributed by atoms with Crippen LogP contribution in [0, 0.1) is 0 Å². The number of esters is 1. The lowest BCUT2D eigenvalue weighted by molar-refractivity contribution is 0.0161. The lowest BCUT2D eigenvalue weighted by Gasteiger charge is -2.26. The summed E-state index contributed by atoms with van der Waals surface area (Å²) in [4.78, 5) is 14.5. The minimum Gasteiger partial charge on any atom is -0.492 e. The van der Waals surface area contributed by atoms with Gasteiger partial charge in [-0.3, -0.25) is 4.90 Å². The monoisotopic (exact) mass is 333 g/mol. The van der Waals surface area contributed by atoms with E-state index >= 15 is 0 Å². The zero-order valence-corrected chi connectivity index (χ0v) is 14.2. The number of rotatable bonds is 7. The zero-order valence-electron chi connectivity index (χ0n) is 14.2. The summed E-state index contributed by atoms with van der Waals surface area (Å²) in [6.45, 7) is 5.12. The first-order chi connectivity index (χ1) is 11.8. The Morgan fingerprint density at radius 1 is 1.12 bits per heavy atom. The molecule has 0 unspecified atom stereocenters. The molecular formula is C19H27NO4. The first-order valence-electron chi connectivity index (χ1n) is 9.05. The van der Waals surface area contributed by atoms with Gasteiger partial charge in [-0.15, -0.1) is 0 Å². The van der Waals surface area contributed by atoms with Crippen molar-refractivity contribution < 1.29 is 19.0 Å². The number of piperidine rings is 1. The average Bonchev–Trinajstić information content (AvgIpc) is 3.15. The molecule has 0 aliphatic carbocycles. The summed E-state index contributed by atoms with van der Waals surface area (Å²) in [6, 6.07) is 7.18. The van der Waals surface area contributed by atoms with Crippen LogP contribution in [0.3, 0.4) is 0 Å². The van der Waals surface area contributed by atoms with Crippen LogP contribution in [0.15, 0.2) is 24.3 Å². The van der Waals surface area contributed by atoms with Crippen molar-refractivity contribution in [3.63, 3.8) is 0 Å². The van der Waals surface area contributed by atoms with E-state index in [1.165, 1.54) is 32.4 Å². The SMILES string of the molecule is O=C(OC[C@@H]1CCCO1)c1ccc(OCCN2CCCCC2)cc1. The third-order valence-electron chi connectivity index (χ3n) is 4.64. The predicted octanol–water partition coefficient (Wildman–Crippen LogP) is 2.89. The van der Waals surface area contributed by atoms with Gasteiger partial charge in [-0.25, -0.2) is 4.79 Å². The van der Waals surface area contributed by atoms with Crippen molar-refractivity contribution in [3.05, 3.63) is 29.8 Å². The van der Waals surface area contributed by atoms with Crippen LogP contribution in [0.1, 0.15) is 42.5 Å². The first kappa shape index (κ1) is 17.2. The highest BCUT2D eigenvalue weighted by Crippen LogP contribution is 2.16. The summed E-state index contributed by atoms with van der Waals surface area (Å²) in [5, 5.41) is 0. The van der Waals surface area contributed by atoms with Crippen LogP contribution in [0.4, 0.5) is 0 Å². The average molecular weight is 333 g/mol. The van der Waals surface area contributed by atoms with E-state index < -0.39 is 0 Å². The Labute approximate surface area is 143 Å². The van der Waals surface area contributed by atoms with E-state index in [2.05, 4.69) is 4.90 Å². The van der Waals surface area contributed by atoms with Gasteiger partial charge in [0.25, 0.3) is 0 Å². The molecule has 0 bridgehead atoms. The summed E-state index contributed by atoms with van der Waals surface area (Å²) in [5.74, 6) is 0.494. The molecular weight excluding hydrogens is 306 g/mol. The number of carbonyl (C=O) groups excluding carboxylic acids is 1. The molecule has 1 aromatic rings. The Morgan fingerprint density at radius 2 is 1.92 bits per heavy atom. The van der Waals surface area contributed by atoms with Crippen molar-refractivity contribution in [2.75, 3.05) is 39.5 Å². The Balaban J connectivity index is 1.38. The van der Waals surface area contributed by atoms with E-state index in [1.54, 1.807) is 12.1 Å². The molecule has 0 amide bonds. The molecule has 5 heteroatoms. The fourth-order valence-electron chi connectivity index (χ4n) is 3.19. The quantitative estimate of drug-likeness (QED) is 0.718. The third kappa shape index (κ3) is 5.21. The smallest absolute Gasteiger partial charge is 0.338 e. The third-order valence-corrected chi connectivity index (χ3v) is 4.64. The summed E-state index contributed by atoms with van der Waals surface area (Å²) in [5.41, 5.74) is 0.552. The molecule has 2 fully saturated rings. The molecule has 5 nitrogen and oxygen atoms in total. The van der Waals surface area contributed by atoms with E-state index in [1.807, 2.05) is 12.1 Å². The Kier molecular flexibility index (Phi) is 6.49. The fourth-order valence-corrected chi connectivity index (χ4v) is 3.19. The van der Waals surface area contributed by atoms with Gasteiger partial charge >= 0.3 is 5.97 Å². The highest BCUT2D eigenvalue weighted by Gasteiger charge is 2.18. The van der Waals surface area contributed by atoms with Crippen LogP contribution in [0.25, 0.3) is 0 Å². The Bertz CT molecular complexity index is 505. The number of hydrogen-bond donors (Lipinski definition) is 0. The lowest BCUT2D eigenvalue weighted by atomic mass is 10.1. The first-order valence-corrected chi connectivity index (χ1v) is 9.05. The van der Waals surface area contributed by atoms with E-state index in [0.717, 1.165) is 31.7 Å². The number of carbonyl (C=O) groups is 1. The van der Waals surface area contributed by atoms with Gasteiger partial charge in [0.15, 0.2) is 0 Å². The van der Waals surface area contributed by atoms with Crippen molar-refractivity contribution in [1.29, 1.82) is 0 Å². The van der Waals surface area contributed by atoms with Gasteiger partial charge in [0, 0.05) is 13.2 Å². The minimum atomic E-state index is -0.301. The summed E-state index contributed by atoms with van der Waals surface area (Å²) in [6.07, 6.45) is 6.02. The number of likely N-dealkylation sites (tertiary alicyclic amines) is 1. The van der Waals surface area contributed by atoms with Crippen LogP contribution in [-0.4, -0.2) is 56.4 Å². The van der Waals surface area contributed by atoms with Gasteiger partial charge in [0.1, 0.15) is 19.0 Å². The topological polar surface area (TPSA) is 48.0 Å². The van der Waals surface area contributed by atoms with E-state index in [0.29, 0.717) is 18.8 Å². The molecule has 2 aliphatic rings. The minimum absolute atomic E-state index is 0.0614. The molecule has 1 aromatic carbocycles. The normalized spacial score (nSPS) is 21.6. The molecule has 0 spiro atoms. The molecule has 0 N–H and O–H groups in total. The number of benzene rings is 1. The van der Waals surface area contributed by atoms with Gasteiger partial charge < -0.3 is 14.2 Å². The maximum Gasteiger partial charge on any atom is 0.338 e. The molecule has 0 aromatic heterocycles. The fraction of sp³-hybridized carbons (Fsp3) is 0.632. The Hall–Kier alpha value is -1.59. The molecule has 24 heavy (non-hydrogen) atoms. The molecule has 2 aliphatic heterocycles. The van der Waals surface area contributed by atoms with E-state index in [4.69, 9.17) is 14.2 Å². The van der Waals surface area contributed by atoms with E-state index in [-0.39, 0.29) is 12.1 Å². The molecule has 0 saturated carbocycles. The molecule has 2 heterocycles.